The first-order chi connectivity index (χ1) is 15.4. The van der Waals surface area contributed by atoms with Crippen LogP contribution in [0.5, 0.6) is 11.5 Å². The number of anilines is 1. The Bertz CT molecular complexity index is 1030. The molecule has 170 valence electrons. The first kappa shape index (κ1) is 22.0. The summed E-state index contributed by atoms with van der Waals surface area (Å²) in [7, 11) is 1.51. The van der Waals surface area contributed by atoms with Gasteiger partial charge in [0.1, 0.15) is 11.5 Å². The topological polar surface area (TPSA) is 59.1 Å². The number of rotatable bonds is 5. The average Bonchev–Trinajstić information content (AvgIpc) is 2.80. The second-order valence-electron chi connectivity index (χ2n) is 7.98. The number of carbonyl (C=O) groups excluding carboxylic acids is 2. The Morgan fingerprint density at radius 3 is 2.50 bits per heavy atom. The van der Waals surface area contributed by atoms with E-state index in [9.17, 15) is 18.4 Å². The Morgan fingerprint density at radius 2 is 1.81 bits per heavy atom. The number of hydrogen-bond donors (Lipinski definition) is 0. The summed E-state index contributed by atoms with van der Waals surface area (Å²) < 4.78 is 38.4. The van der Waals surface area contributed by atoms with Crippen LogP contribution in [0.1, 0.15) is 42.1 Å². The van der Waals surface area contributed by atoms with Crippen LogP contribution in [0.25, 0.3) is 0 Å². The van der Waals surface area contributed by atoms with Gasteiger partial charge in [-0.15, -0.1) is 0 Å². The lowest BCUT2D eigenvalue weighted by Gasteiger charge is -2.41. The molecule has 2 aromatic carbocycles. The number of ether oxygens (including phenoxy) is 2. The number of piperidine rings is 1. The van der Waals surface area contributed by atoms with Crippen LogP contribution in [0.3, 0.4) is 0 Å². The predicted molar refractivity (Wildman–Crippen MR) is 115 cm³/mol. The number of benzene rings is 2. The van der Waals surface area contributed by atoms with Gasteiger partial charge >= 0.3 is 0 Å². The lowest BCUT2D eigenvalue weighted by atomic mass is 9.95. The van der Waals surface area contributed by atoms with Gasteiger partial charge in [-0.3, -0.25) is 9.59 Å². The fraction of sp³-hybridized carbons (Fsp3) is 0.417. The van der Waals surface area contributed by atoms with Gasteiger partial charge < -0.3 is 19.3 Å². The molecule has 0 spiro atoms. The summed E-state index contributed by atoms with van der Waals surface area (Å²) in [5, 5.41) is 0. The van der Waals surface area contributed by atoms with Crippen LogP contribution >= 0.6 is 0 Å². The molecule has 4 rings (SSSR count). The summed E-state index contributed by atoms with van der Waals surface area (Å²) in [5.41, 5.74) is 1.53. The smallest absolute Gasteiger partial charge is 0.257 e. The number of hydrogen-bond acceptors (Lipinski definition) is 4. The minimum Gasteiger partial charge on any atom is -0.496 e. The van der Waals surface area contributed by atoms with Crippen molar-refractivity contribution in [2.24, 2.45) is 0 Å². The van der Waals surface area contributed by atoms with E-state index in [4.69, 9.17) is 9.47 Å². The number of aryl methyl sites for hydroxylation is 1. The van der Waals surface area contributed by atoms with E-state index in [0.717, 1.165) is 6.07 Å². The molecule has 0 saturated carbocycles. The number of likely N-dealkylation sites (tertiary alicyclic amines) is 1. The number of carbonyl (C=O) groups is 2. The highest BCUT2D eigenvalue weighted by Crippen LogP contribution is 2.34. The highest BCUT2D eigenvalue weighted by Gasteiger charge is 2.35. The van der Waals surface area contributed by atoms with Crippen molar-refractivity contribution in [3.05, 3.63) is 53.1 Å². The minimum atomic E-state index is -0.960. The van der Waals surface area contributed by atoms with E-state index in [1.807, 2.05) is 6.92 Å². The highest BCUT2D eigenvalue weighted by atomic mass is 19.2. The molecule has 6 nitrogen and oxygen atoms in total. The van der Waals surface area contributed by atoms with E-state index in [1.54, 1.807) is 28.0 Å². The lowest BCUT2D eigenvalue weighted by Crippen LogP contribution is -2.50. The summed E-state index contributed by atoms with van der Waals surface area (Å²) in [6.07, 6.45) is 1.77. The molecule has 0 N–H and O–H groups in total. The van der Waals surface area contributed by atoms with Crippen LogP contribution in [0, 0.1) is 11.6 Å². The Balaban J connectivity index is 1.49. The molecule has 1 fully saturated rings. The van der Waals surface area contributed by atoms with Gasteiger partial charge in [-0.1, -0.05) is 0 Å². The van der Waals surface area contributed by atoms with E-state index in [1.165, 1.54) is 13.2 Å². The SMILES string of the molecule is CCOc1ccc(C(=O)N2CCC(N3C(=O)CCc4cc(F)c(F)cc43)CC2)c(OC)c1. The molecule has 0 bridgehead atoms. The third kappa shape index (κ3) is 4.13. The normalized spacial score (nSPS) is 16.7. The van der Waals surface area contributed by atoms with E-state index < -0.39 is 11.6 Å². The summed E-state index contributed by atoms with van der Waals surface area (Å²) in [4.78, 5) is 29.1. The van der Waals surface area contributed by atoms with E-state index >= 15 is 0 Å². The fourth-order valence-electron chi connectivity index (χ4n) is 4.50. The molecule has 2 aliphatic rings. The van der Waals surface area contributed by atoms with Crippen molar-refractivity contribution in [3.8, 4) is 11.5 Å². The Labute approximate surface area is 185 Å². The van der Waals surface area contributed by atoms with E-state index in [-0.39, 0.29) is 24.3 Å². The summed E-state index contributed by atoms with van der Waals surface area (Å²) in [6.45, 7) is 3.29. The van der Waals surface area contributed by atoms with Gasteiger partial charge in [0.15, 0.2) is 11.6 Å². The molecule has 0 radical (unpaired) electrons. The Kier molecular flexibility index (Phi) is 6.30. The fourth-order valence-corrected chi connectivity index (χ4v) is 4.50. The first-order valence-electron chi connectivity index (χ1n) is 10.8. The number of methoxy groups -OCH3 is 1. The maximum absolute atomic E-state index is 13.9. The van der Waals surface area contributed by atoms with Crippen LogP contribution in [0.2, 0.25) is 0 Å². The van der Waals surface area contributed by atoms with Crippen molar-refractivity contribution >= 4 is 17.5 Å². The molecular weight excluding hydrogens is 418 g/mol. The second-order valence-corrected chi connectivity index (χ2v) is 7.98. The largest absolute Gasteiger partial charge is 0.496 e. The monoisotopic (exact) mass is 444 g/mol. The highest BCUT2D eigenvalue weighted by molar-refractivity contribution is 5.98. The molecular formula is C24H26F2N2O4. The first-order valence-corrected chi connectivity index (χ1v) is 10.8. The number of halogens is 2. The second kappa shape index (κ2) is 9.14. The van der Waals surface area contributed by atoms with Crippen LogP contribution in [0.4, 0.5) is 14.5 Å². The molecule has 2 aliphatic heterocycles. The third-order valence-electron chi connectivity index (χ3n) is 6.09. The van der Waals surface area contributed by atoms with Crippen LogP contribution < -0.4 is 14.4 Å². The zero-order chi connectivity index (χ0) is 22.8. The summed E-state index contributed by atoms with van der Waals surface area (Å²) >= 11 is 0. The van der Waals surface area contributed by atoms with Gasteiger partial charge in [0.2, 0.25) is 5.91 Å². The van der Waals surface area contributed by atoms with Crippen LogP contribution in [0.15, 0.2) is 30.3 Å². The maximum Gasteiger partial charge on any atom is 0.257 e. The quantitative estimate of drug-likeness (QED) is 0.701. The van der Waals surface area contributed by atoms with Gasteiger partial charge in [-0.2, -0.15) is 0 Å². The van der Waals surface area contributed by atoms with Crippen molar-refractivity contribution in [1.82, 2.24) is 4.90 Å². The van der Waals surface area contributed by atoms with Crippen molar-refractivity contribution in [1.29, 1.82) is 0 Å². The standard InChI is InChI=1S/C24H26F2N2O4/c1-3-32-17-5-6-18(22(13-17)31-2)24(30)27-10-8-16(9-11-27)28-21-14-20(26)19(25)12-15(21)4-7-23(28)29/h5-6,12-14,16H,3-4,7-11H2,1-2H3. The molecule has 8 heteroatoms. The molecule has 0 atom stereocenters. The molecule has 2 heterocycles. The van der Waals surface area contributed by atoms with Gasteiger partial charge in [-0.05, 0) is 49.9 Å². The molecule has 0 aromatic heterocycles. The number of amides is 2. The van der Waals surface area contributed by atoms with Gasteiger partial charge in [0.25, 0.3) is 5.91 Å². The maximum atomic E-state index is 13.9. The molecule has 2 amide bonds. The predicted octanol–water partition coefficient (Wildman–Crippen LogP) is 3.96. The zero-order valence-electron chi connectivity index (χ0n) is 18.2. The summed E-state index contributed by atoms with van der Waals surface area (Å²) in [6, 6.07) is 7.26. The number of fused-ring (bicyclic) bond motifs is 1. The Hall–Kier alpha value is -3.16. The molecule has 1 saturated heterocycles. The van der Waals surface area contributed by atoms with Crippen LogP contribution in [-0.2, 0) is 11.2 Å². The van der Waals surface area contributed by atoms with E-state index in [0.29, 0.717) is 67.3 Å². The van der Waals surface area contributed by atoms with Crippen molar-refractivity contribution < 1.29 is 27.8 Å². The average molecular weight is 444 g/mol. The molecule has 2 aromatic rings. The zero-order valence-corrected chi connectivity index (χ0v) is 18.2. The summed E-state index contributed by atoms with van der Waals surface area (Å²) in [5.74, 6) is -1.03. The van der Waals surface area contributed by atoms with Gasteiger partial charge in [0.05, 0.1) is 25.0 Å². The Morgan fingerprint density at radius 1 is 1.09 bits per heavy atom. The lowest BCUT2D eigenvalue weighted by molar-refractivity contribution is -0.119. The third-order valence-corrected chi connectivity index (χ3v) is 6.09. The van der Waals surface area contributed by atoms with Gasteiger partial charge in [-0.25, -0.2) is 8.78 Å². The molecule has 32 heavy (non-hydrogen) atoms. The molecule has 0 unspecified atom stereocenters. The van der Waals surface area contributed by atoms with Crippen molar-refractivity contribution in [2.45, 2.75) is 38.6 Å². The van der Waals surface area contributed by atoms with Crippen molar-refractivity contribution in [2.75, 3.05) is 31.7 Å². The van der Waals surface area contributed by atoms with Crippen LogP contribution in [-0.4, -0.2) is 49.6 Å². The van der Waals surface area contributed by atoms with Gasteiger partial charge in [0, 0.05) is 37.7 Å². The number of nitrogens with zero attached hydrogens (tertiary/aromatic N) is 2. The van der Waals surface area contributed by atoms with E-state index in [2.05, 4.69) is 0 Å². The molecule has 0 aliphatic carbocycles. The van der Waals surface area contributed by atoms with Crippen molar-refractivity contribution in [3.63, 3.8) is 0 Å². The minimum absolute atomic E-state index is 0.0959.